The maximum atomic E-state index is 13.7. The molecule has 0 heterocycles. The first-order chi connectivity index (χ1) is 32.3. The summed E-state index contributed by atoms with van der Waals surface area (Å²) in [7, 11) is 0. The summed E-state index contributed by atoms with van der Waals surface area (Å²) in [5.41, 5.74) is 1.62. The van der Waals surface area contributed by atoms with Gasteiger partial charge in [-0.1, -0.05) is 93.6 Å². The molecular weight excluding hydrogens is 865 g/mol. The molecule has 356 valence electrons. The number of rotatable bonds is 21. The van der Waals surface area contributed by atoms with Gasteiger partial charge in [-0.15, -0.1) is 0 Å². The number of ether oxygens (including phenoxy) is 3. The summed E-state index contributed by atoms with van der Waals surface area (Å²) in [6.45, 7) is 6.79. The van der Waals surface area contributed by atoms with Crippen molar-refractivity contribution in [1.29, 1.82) is 0 Å². The fraction of sp³-hybridized carbons (Fsp3) is 0.304. The molecule has 0 radical (unpaired) electrons. The smallest absolute Gasteiger partial charge is 0.305 e. The monoisotopic (exact) mass is 924 g/mol. The molecule has 0 amide bonds. The third kappa shape index (κ3) is 12.5. The molecule has 0 bridgehead atoms. The van der Waals surface area contributed by atoms with E-state index < -0.39 is 39.6 Å². The normalized spacial score (nSPS) is 12.0. The molecule has 6 aromatic rings. The molecule has 0 fully saturated rings. The number of esters is 3. The van der Waals surface area contributed by atoms with E-state index in [1.54, 1.807) is 153 Å². The van der Waals surface area contributed by atoms with Crippen LogP contribution in [0, 0.1) is 5.41 Å². The van der Waals surface area contributed by atoms with Gasteiger partial charge in [0.2, 0.25) is 0 Å². The molecular formula is C56H60O12. The van der Waals surface area contributed by atoms with Gasteiger partial charge in [-0.2, -0.15) is 0 Å². The standard InChI is InChI=1S/C56H60O12/c1-53(35-66-50(63)29-32-54(2,38-5-17-44(57)18-6-38)39-7-19-45(58)20-8-39,36-67-51(64)30-33-55(3,40-9-21-46(59)22-10-40)41-11-23-47(60)24-12-41)37-68-52(65)31-34-56(4,42-13-25-48(61)26-14-42)43-15-27-49(62)28-16-43/h5-28,57-62H,29-37H2,1-4H3. The molecule has 6 N–H and O–H groups in total. The van der Waals surface area contributed by atoms with Crippen molar-refractivity contribution in [2.24, 2.45) is 5.41 Å². The Morgan fingerprint density at radius 3 is 0.647 bits per heavy atom. The van der Waals surface area contributed by atoms with Crippen LogP contribution in [0.3, 0.4) is 0 Å². The molecule has 12 heteroatoms. The minimum absolute atomic E-state index is 0.0336. The van der Waals surface area contributed by atoms with Crippen molar-refractivity contribution in [2.75, 3.05) is 19.8 Å². The molecule has 0 aliphatic rings. The molecule has 6 aromatic carbocycles. The predicted molar refractivity (Wildman–Crippen MR) is 257 cm³/mol. The average molecular weight is 925 g/mol. The van der Waals surface area contributed by atoms with Gasteiger partial charge < -0.3 is 44.8 Å². The van der Waals surface area contributed by atoms with E-state index in [0.717, 1.165) is 33.4 Å². The van der Waals surface area contributed by atoms with Gasteiger partial charge in [0, 0.05) is 35.5 Å². The third-order valence-electron chi connectivity index (χ3n) is 13.3. The Kier molecular flexibility index (Phi) is 15.7. The number of carbonyl (C=O) groups is 3. The van der Waals surface area contributed by atoms with Crippen molar-refractivity contribution in [3.63, 3.8) is 0 Å². The van der Waals surface area contributed by atoms with E-state index >= 15 is 0 Å². The first-order valence-electron chi connectivity index (χ1n) is 22.5. The van der Waals surface area contributed by atoms with Crippen molar-refractivity contribution in [1.82, 2.24) is 0 Å². The second-order valence-electron chi connectivity index (χ2n) is 18.6. The topological polar surface area (TPSA) is 200 Å². The van der Waals surface area contributed by atoms with Crippen molar-refractivity contribution in [3.8, 4) is 34.5 Å². The van der Waals surface area contributed by atoms with Crippen molar-refractivity contribution >= 4 is 17.9 Å². The van der Waals surface area contributed by atoms with Crippen LogP contribution in [-0.2, 0) is 44.8 Å². The van der Waals surface area contributed by atoms with Crippen LogP contribution in [0.15, 0.2) is 146 Å². The second-order valence-corrected chi connectivity index (χ2v) is 18.6. The Bertz CT molecular complexity index is 2180. The van der Waals surface area contributed by atoms with E-state index in [9.17, 15) is 45.0 Å². The number of phenols is 6. The van der Waals surface area contributed by atoms with Gasteiger partial charge in [0.05, 0.1) is 5.41 Å². The van der Waals surface area contributed by atoms with Crippen LogP contribution < -0.4 is 0 Å². The zero-order valence-corrected chi connectivity index (χ0v) is 38.9. The highest BCUT2D eigenvalue weighted by Gasteiger charge is 2.36. The minimum Gasteiger partial charge on any atom is -0.508 e. The SMILES string of the molecule is CC(COC(=O)CCC(C)(c1ccc(O)cc1)c1ccc(O)cc1)(COC(=O)CCC(C)(c1ccc(O)cc1)c1ccc(O)cc1)COC(=O)CCC(C)(c1ccc(O)cc1)c1ccc(O)cc1. The zero-order chi connectivity index (χ0) is 49.1. The quantitative estimate of drug-likeness (QED) is 0.0295. The van der Waals surface area contributed by atoms with Crippen molar-refractivity contribution in [2.45, 2.75) is 82.5 Å². The molecule has 12 nitrogen and oxygen atoms in total. The van der Waals surface area contributed by atoms with E-state index in [0.29, 0.717) is 19.3 Å². The largest absolute Gasteiger partial charge is 0.508 e. The molecule has 0 spiro atoms. The maximum Gasteiger partial charge on any atom is 0.305 e. The van der Waals surface area contributed by atoms with Crippen molar-refractivity contribution < 1.29 is 59.2 Å². The minimum atomic E-state index is -1.19. The third-order valence-corrected chi connectivity index (χ3v) is 13.3. The number of aromatic hydroxyl groups is 6. The lowest BCUT2D eigenvalue weighted by atomic mass is 9.73. The van der Waals surface area contributed by atoms with Crippen LogP contribution in [0.25, 0.3) is 0 Å². The van der Waals surface area contributed by atoms with Gasteiger partial charge in [0.1, 0.15) is 54.3 Å². The summed E-state index contributed by atoms with van der Waals surface area (Å²) in [5, 5.41) is 60.0. The highest BCUT2D eigenvalue weighted by Crippen LogP contribution is 2.41. The van der Waals surface area contributed by atoms with Crippen molar-refractivity contribution in [3.05, 3.63) is 179 Å². The van der Waals surface area contributed by atoms with Crippen LogP contribution in [0.5, 0.6) is 34.5 Å². The van der Waals surface area contributed by atoms with E-state index in [4.69, 9.17) is 14.2 Å². The van der Waals surface area contributed by atoms with Crippen LogP contribution in [-0.4, -0.2) is 68.4 Å². The Morgan fingerprint density at radius 1 is 0.324 bits per heavy atom. The predicted octanol–water partition coefficient (Wildman–Crippen LogP) is 10.2. The molecule has 68 heavy (non-hydrogen) atoms. The summed E-state index contributed by atoms with van der Waals surface area (Å²) in [6.07, 6.45) is 0.785. The molecule has 0 aliphatic heterocycles. The number of phenolic OH excluding ortho intramolecular Hbond substituents is 6. The molecule has 6 rings (SSSR count). The van der Waals surface area contributed by atoms with Gasteiger partial charge >= 0.3 is 17.9 Å². The van der Waals surface area contributed by atoms with Crippen LogP contribution in [0.2, 0.25) is 0 Å². The van der Waals surface area contributed by atoms with E-state index in [1.165, 1.54) is 0 Å². The Balaban J connectivity index is 1.17. The van der Waals surface area contributed by atoms with Gasteiger partial charge in [0.25, 0.3) is 0 Å². The summed E-state index contributed by atoms with van der Waals surface area (Å²) in [4.78, 5) is 41.0. The molecule has 0 saturated carbocycles. The van der Waals surface area contributed by atoms with E-state index in [2.05, 4.69) is 0 Å². The maximum absolute atomic E-state index is 13.7. The first-order valence-corrected chi connectivity index (χ1v) is 22.5. The summed E-state index contributed by atoms with van der Waals surface area (Å²) in [5.74, 6) is -1.09. The Morgan fingerprint density at radius 2 is 0.485 bits per heavy atom. The van der Waals surface area contributed by atoms with Gasteiger partial charge in [-0.05, 0) is 132 Å². The van der Waals surface area contributed by atoms with Gasteiger partial charge in [-0.25, -0.2) is 0 Å². The van der Waals surface area contributed by atoms with E-state index in [-0.39, 0.29) is 73.6 Å². The Labute approximate surface area is 397 Å². The van der Waals surface area contributed by atoms with Crippen LogP contribution in [0.1, 0.15) is 99.6 Å². The Hall–Kier alpha value is -7.47. The molecule has 0 atom stereocenters. The molecule has 0 aliphatic carbocycles. The van der Waals surface area contributed by atoms with Crippen LogP contribution in [0.4, 0.5) is 0 Å². The lowest BCUT2D eigenvalue weighted by Gasteiger charge is -2.32. The lowest BCUT2D eigenvalue weighted by Crippen LogP contribution is -2.37. The van der Waals surface area contributed by atoms with Gasteiger partial charge in [0.15, 0.2) is 0 Å². The van der Waals surface area contributed by atoms with Crippen LogP contribution >= 0.6 is 0 Å². The average Bonchev–Trinajstić information content (AvgIpc) is 3.33. The summed E-state index contributed by atoms with van der Waals surface area (Å²) >= 11 is 0. The summed E-state index contributed by atoms with van der Waals surface area (Å²) < 4.78 is 17.7. The number of hydrogen-bond acceptors (Lipinski definition) is 12. The lowest BCUT2D eigenvalue weighted by molar-refractivity contribution is -0.161. The summed E-state index contributed by atoms with van der Waals surface area (Å²) in [6, 6.07) is 40.2. The molecule has 0 aromatic heterocycles. The zero-order valence-electron chi connectivity index (χ0n) is 38.9. The number of hydrogen-bond donors (Lipinski definition) is 6. The molecule has 0 unspecified atom stereocenters. The molecule has 0 saturated heterocycles. The highest BCUT2D eigenvalue weighted by molar-refractivity contribution is 5.71. The fourth-order valence-electron chi connectivity index (χ4n) is 8.50. The second kappa shape index (κ2) is 21.4. The van der Waals surface area contributed by atoms with Gasteiger partial charge in [-0.3, -0.25) is 14.4 Å². The van der Waals surface area contributed by atoms with E-state index in [1.807, 2.05) is 20.8 Å². The number of carbonyl (C=O) groups excluding carboxylic acids is 3. The number of benzene rings is 6. The first kappa shape index (κ1) is 50.0. The fourth-order valence-corrected chi connectivity index (χ4v) is 8.50. The highest BCUT2D eigenvalue weighted by atomic mass is 16.6.